The first-order valence-corrected chi connectivity index (χ1v) is 8.96. The molecule has 0 saturated carbocycles. The number of likely N-dealkylation sites (N-methyl/N-ethyl adjacent to an activating group) is 1. The fraction of sp³-hybridized carbons (Fsp3) is 0.381. The van der Waals surface area contributed by atoms with Gasteiger partial charge in [0.25, 0.3) is 0 Å². The predicted octanol–water partition coefficient (Wildman–Crippen LogP) is 3.37. The summed E-state index contributed by atoms with van der Waals surface area (Å²) in [5.41, 5.74) is 1.88. The SMILES string of the molecule is CCOc1ccc(CN(C)[C@@H](C)C(=O)NCc2ccc(F)cc2)cc1OC. The molecule has 5 nitrogen and oxygen atoms in total. The van der Waals surface area contributed by atoms with Crippen LogP contribution in [0.15, 0.2) is 42.5 Å². The van der Waals surface area contributed by atoms with Gasteiger partial charge in [0.05, 0.1) is 19.8 Å². The zero-order valence-electron chi connectivity index (χ0n) is 16.3. The number of halogens is 1. The number of nitrogens with one attached hydrogen (secondary N) is 1. The summed E-state index contributed by atoms with van der Waals surface area (Å²) in [6.07, 6.45) is 0. The lowest BCUT2D eigenvalue weighted by Gasteiger charge is -2.24. The molecule has 0 heterocycles. The molecule has 0 radical (unpaired) electrons. The van der Waals surface area contributed by atoms with Crippen molar-refractivity contribution in [2.45, 2.75) is 33.0 Å². The largest absolute Gasteiger partial charge is 0.493 e. The number of carbonyl (C=O) groups is 1. The molecule has 0 bridgehead atoms. The average molecular weight is 374 g/mol. The van der Waals surface area contributed by atoms with Gasteiger partial charge in [-0.1, -0.05) is 18.2 Å². The van der Waals surface area contributed by atoms with Crippen LogP contribution in [-0.2, 0) is 17.9 Å². The van der Waals surface area contributed by atoms with E-state index in [9.17, 15) is 9.18 Å². The Morgan fingerprint density at radius 3 is 2.44 bits per heavy atom. The Balaban J connectivity index is 1.92. The zero-order valence-corrected chi connectivity index (χ0v) is 16.3. The molecule has 0 aromatic heterocycles. The van der Waals surface area contributed by atoms with E-state index in [4.69, 9.17) is 9.47 Å². The number of amides is 1. The second-order valence-electron chi connectivity index (χ2n) is 6.35. The van der Waals surface area contributed by atoms with Crippen molar-refractivity contribution in [1.29, 1.82) is 0 Å². The van der Waals surface area contributed by atoms with Gasteiger partial charge in [-0.15, -0.1) is 0 Å². The summed E-state index contributed by atoms with van der Waals surface area (Å²) in [4.78, 5) is 14.4. The second kappa shape index (κ2) is 9.92. The average Bonchev–Trinajstić information content (AvgIpc) is 2.67. The van der Waals surface area contributed by atoms with Crippen molar-refractivity contribution in [3.8, 4) is 11.5 Å². The Labute approximate surface area is 160 Å². The molecule has 2 aromatic rings. The Morgan fingerprint density at radius 2 is 1.81 bits per heavy atom. The van der Waals surface area contributed by atoms with Gasteiger partial charge in [-0.3, -0.25) is 9.69 Å². The molecule has 0 unspecified atom stereocenters. The third kappa shape index (κ3) is 5.96. The lowest BCUT2D eigenvalue weighted by atomic mass is 10.1. The lowest BCUT2D eigenvalue weighted by Crippen LogP contribution is -2.42. The zero-order chi connectivity index (χ0) is 19.8. The van der Waals surface area contributed by atoms with Gasteiger partial charge in [0, 0.05) is 13.1 Å². The molecule has 2 aromatic carbocycles. The van der Waals surface area contributed by atoms with Crippen molar-refractivity contribution in [2.24, 2.45) is 0 Å². The van der Waals surface area contributed by atoms with Crippen molar-refractivity contribution >= 4 is 5.91 Å². The third-order valence-corrected chi connectivity index (χ3v) is 4.38. The van der Waals surface area contributed by atoms with E-state index in [2.05, 4.69) is 5.32 Å². The van der Waals surface area contributed by atoms with Crippen molar-refractivity contribution in [3.05, 3.63) is 59.4 Å². The maximum absolute atomic E-state index is 12.9. The van der Waals surface area contributed by atoms with Crippen LogP contribution in [0.4, 0.5) is 4.39 Å². The first-order chi connectivity index (χ1) is 12.9. The molecule has 1 atom stereocenters. The molecular weight excluding hydrogens is 347 g/mol. The molecule has 0 aliphatic heterocycles. The van der Waals surface area contributed by atoms with Crippen molar-refractivity contribution in [3.63, 3.8) is 0 Å². The summed E-state index contributed by atoms with van der Waals surface area (Å²) in [7, 11) is 3.50. The number of hydrogen-bond donors (Lipinski definition) is 1. The van der Waals surface area contributed by atoms with Crippen LogP contribution < -0.4 is 14.8 Å². The van der Waals surface area contributed by atoms with E-state index in [-0.39, 0.29) is 17.8 Å². The van der Waals surface area contributed by atoms with Crippen LogP contribution in [0, 0.1) is 5.82 Å². The highest BCUT2D eigenvalue weighted by molar-refractivity contribution is 5.81. The van der Waals surface area contributed by atoms with Gasteiger partial charge in [0.2, 0.25) is 5.91 Å². The van der Waals surface area contributed by atoms with Crippen LogP contribution in [-0.4, -0.2) is 37.6 Å². The summed E-state index contributed by atoms with van der Waals surface area (Å²) in [5.74, 6) is 1.01. The number of methoxy groups -OCH3 is 1. The van der Waals surface area contributed by atoms with Crippen LogP contribution in [0.3, 0.4) is 0 Å². The number of nitrogens with zero attached hydrogens (tertiary/aromatic N) is 1. The minimum absolute atomic E-state index is 0.0836. The van der Waals surface area contributed by atoms with Gasteiger partial charge < -0.3 is 14.8 Å². The quantitative estimate of drug-likeness (QED) is 0.731. The minimum Gasteiger partial charge on any atom is -0.493 e. The van der Waals surface area contributed by atoms with Gasteiger partial charge in [0.15, 0.2) is 11.5 Å². The van der Waals surface area contributed by atoms with Gasteiger partial charge >= 0.3 is 0 Å². The van der Waals surface area contributed by atoms with E-state index in [0.717, 1.165) is 11.1 Å². The number of hydrogen-bond acceptors (Lipinski definition) is 4. The first-order valence-electron chi connectivity index (χ1n) is 8.96. The number of ether oxygens (including phenoxy) is 2. The normalized spacial score (nSPS) is 11.9. The van der Waals surface area contributed by atoms with Gasteiger partial charge in [-0.05, 0) is 56.3 Å². The standard InChI is InChI=1S/C21H27FN2O3/c1-5-27-19-11-8-17(12-20(19)26-4)14-24(3)15(2)21(25)23-13-16-6-9-18(22)10-7-16/h6-12,15H,5,13-14H2,1-4H3,(H,23,25)/t15-/m0/s1. The summed E-state index contributed by atoms with van der Waals surface area (Å²) in [6, 6.07) is 11.5. The fourth-order valence-electron chi connectivity index (χ4n) is 2.65. The Kier molecular flexibility index (Phi) is 7.61. The highest BCUT2D eigenvalue weighted by Crippen LogP contribution is 2.28. The summed E-state index contributed by atoms with van der Waals surface area (Å²) in [6.45, 7) is 5.31. The molecule has 0 aliphatic carbocycles. The Hall–Kier alpha value is -2.60. The minimum atomic E-state index is -0.317. The highest BCUT2D eigenvalue weighted by Gasteiger charge is 2.18. The van der Waals surface area contributed by atoms with Crippen LogP contribution in [0.25, 0.3) is 0 Å². The Morgan fingerprint density at radius 1 is 1.15 bits per heavy atom. The number of benzene rings is 2. The van der Waals surface area contributed by atoms with Crippen molar-refractivity contribution in [1.82, 2.24) is 10.2 Å². The Bertz CT molecular complexity index is 750. The smallest absolute Gasteiger partial charge is 0.237 e. The molecule has 1 N–H and O–H groups in total. The first kappa shape index (κ1) is 20.7. The van der Waals surface area contributed by atoms with Crippen molar-refractivity contribution < 1.29 is 18.7 Å². The van der Waals surface area contributed by atoms with Gasteiger partial charge in [-0.2, -0.15) is 0 Å². The molecule has 27 heavy (non-hydrogen) atoms. The van der Waals surface area contributed by atoms with E-state index in [1.807, 2.05) is 44.0 Å². The molecule has 2 rings (SSSR count). The second-order valence-corrected chi connectivity index (χ2v) is 6.35. The third-order valence-electron chi connectivity index (χ3n) is 4.38. The van der Waals surface area contributed by atoms with Crippen molar-refractivity contribution in [2.75, 3.05) is 20.8 Å². The lowest BCUT2D eigenvalue weighted by molar-refractivity contribution is -0.125. The van der Waals surface area contributed by atoms with Gasteiger partial charge in [0.1, 0.15) is 5.82 Å². The highest BCUT2D eigenvalue weighted by atomic mass is 19.1. The van der Waals surface area contributed by atoms with E-state index in [0.29, 0.717) is 31.2 Å². The molecule has 146 valence electrons. The molecule has 1 amide bonds. The van der Waals surface area contributed by atoms with Gasteiger partial charge in [-0.25, -0.2) is 4.39 Å². The van der Waals surface area contributed by atoms with E-state index in [1.54, 1.807) is 19.2 Å². The van der Waals surface area contributed by atoms with E-state index < -0.39 is 0 Å². The van der Waals surface area contributed by atoms with E-state index >= 15 is 0 Å². The monoisotopic (exact) mass is 374 g/mol. The van der Waals surface area contributed by atoms with E-state index in [1.165, 1.54) is 12.1 Å². The van der Waals surface area contributed by atoms with Crippen LogP contribution >= 0.6 is 0 Å². The molecule has 0 spiro atoms. The van der Waals surface area contributed by atoms with Crippen LogP contribution in [0.5, 0.6) is 11.5 Å². The molecule has 0 aliphatic rings. The topological polar surface area (TPSA) is 50.8 Å². The molecule has 0 saturated heterocycles. The molecule has 0 fully saturated rings. The molecule has 6 heteroatoms. The number of rotatable bonds is 9. The summed E-state index contributed by atoms with van der Waals surface area (Å²) in [5, 5.41) is 2.89. The number of carbonyl (C=O) groups excluding carboxylic acids is 1. The molecular formula is C21H27FN2O3. The van der Waals surface area contributed by atoms with Crippen LogP contribution in [0.2, 0.25) is 0 Å². The maximum atomic E-state index is 12.9. The maximum Gasteiger partial charge on any atom is 0.237 e. The summed E-state index contributed by atoms with van der Waals surface area (Å²) >= 11 is 0. The fourth-order valence-corrected chi connectivity index (χ4v) is 2.65. The predicted molar refractivity (Wildman–Crippen MR) is 103 cm³/mol. The van der Waals surface area contributed by atoms with Crippen LogP contribution in [0.1, 0.15) is 25.0 Å². The summed E-state index contributed by atoms with van der Waals surface area (Å²) < 4.78 is 23.8.